The van der Waals surface area contributed by atoms with Crippen LogP contribution in [0, 0.1) is 0 Å². The van der Waals surface area contributed by atoms with E-state index in [2.05, 4.69) is 43.1 Å². The number of nitrogens with one attached hydrogen (secondary N) is 1. The lowest BCUT2D eigenvalue weighted by atomic mass is 10.0. The molecule has 6 heteroatoms. The van der Waals surface area contributed by atoms with Crippen LogP contribution >= 0.6 is 12.2 Å². The van der Waals surface area contributed by atoms with Gasteiger partial charge in [-0.3, -0.25) is 9.97 Å². The van der Waals surface area contributed by atoms with E-state index < -0.39 is 0 Å². The quantitative estimate of drug-likeness (QED) is 0.734. The molecule has 0 saturated carbocycles. The van der Waals surface area contributed by atoms with Crippen molar-refractivity contribution < 1.29 is 0 Å². The first-order chi connectivity index (χ1) is 12.2. The van der Waals surface area contributed by atoms with Gasteiger partial charge in [-0.15, -0.1) is 0 Å². The molecule has 3 aromatic heterocycles. The summed E-state index contributed by atoms with van der Waals surface area (Å²) >= 11 is 5.51. The van der Waals surface area contributed by atoms with E-state index in [0.717, 1.165) is 23.0 Å². The molecule has 25 heavy (non-hydrogen) atoms. The van der Waals surface area contributed by atoms with Gasteiger partial charge in [0.2, 0.25) is 0 Å². The Morgan fingerprint density at radius 1 is 1.04 bits per heavy atom. The lowest BCUT2D eigenvalue weighted by Crippen LogP contribution is -2.26. The number of hydrogen-bond acceptors (Lipinski definition) is 3. The van der Waals surface area contributed by atoms with E-state index >= 15 is 0 Å². The summed E-state index contributed by atoms with van der Waals surface area (Å²) < 4.78 is 2.23. The zero-order valence-electron chi connectivity index (χ0n) is 13.9. The first kappa shape index (κ1) is 15.8. The Morgan fingerprint density at radius 2 is 1.84 bits per heavy atom. The van der Waals surface area contributed by atoms with Crippen LogP contribution in [0.4, 0.5) is 0 Å². The second-order valence-corrected chi connectivity index (χ2v) is 6.51. The summed E-state index contributed by atoms with van der Waals surface area (Å²) in [4.78, 5) is 11.1. The molecule has 3 aromatic rings. The number of nitrogens with zero attached hydrogens (tertiary/aromatic N) is 4. The molecule has 2 atom stereocenters. The summed E-state index contributed by atoms with van der Waals surface area (Å²) in [6.07, 6.45) is 5.74. The summed E-state index contributed by atoms with van der Waals surface area (Å²) in [5, 5.41) is 4.16. The van der Waals surface area contributed by atoms with Crippen molar-refractivity contribution >= 4 is 17.3 Å². The van der Waals surface area contributed by atoms with Crippen molar-refractivity contribution in [2.75, 3.05) is 7.05 Å². The summed E-state index contributed by atoms with van der Waals surface area (Å²) in [5.74, 6) is 0. The number of pyridine rings is 2. The summed E-state index contributed by atoms with van der Waals surface area (Å²) in [6.45, 7) is 0.731. The lowest BCUT2D eigenvalue weighted by molar-refractivity contribution is 0.350. The van der Waals surface area contributed by atoms with Gasteiger partial charge < -0.3 is 14.8 Å². The molecule has 0 amide bonds. The second kappa shape index (κ2) is 6.64. The third kappa shape index (κ3) is 3.00. The molecule has 0 radical (unpaired) electrons. The molecule has 0 aliphatic carbocycles. The first-order valence-electron chi connectivity index (χ1n) is 8.23. The minimum Gasteiger partial charge on any atom is -0.352 e. The molecule has 1 saturated heterocycles. The second-order valence-electron chi connectivity index (χ2n) is 6.12. The van der Waals surface area contributed by atoms with Crippen molar-refractivity contribution in [3.63, 3.8) is 0 Å². The van der Waals surface area contributed by atoms with Crippen LogP contribution in [-0.2, 0) is 6.54 Å². The molecule has 5 nitrogen and oxygen atoms in total. The third-order valence-corrected chi connectivity index (χ3v) is 4.97. The highest BCUT2D eigenvalue weighted by molar-refractivity contribution is 7.80. The molecular weight excluding hydrogens is 330 g/mol. The fourth-order valence-electron chi connectivity index (χ4n) is 3.33. The van der Waals surface area contributed by atoms with Crippen molar-refractivity contribution in [2.24, 2.45) is 0 Å². The SMILES string of the molecule is CN1C(=S)N[C@@H](c2ccccn2)[C@H]1c1cccn1Cc1ccccn1. The maximum absolute atomic E-state index is 5.51. The number of rotatable bonds is 4. The van der Waals surface area contributed by atoms with E-state index in [1.807, 2.05) is 55.8 Å². The minimum atomic E-state index is 0.0242. The smallest absolute Gasteiger partial charge is 0.169 e. The van der Waals surface area contributed by atoms with Crippen molar-refractivity contribution in [1.29, 1.82) is 0 Å². The van der Waals surface area contributed by atoms with Gasteiger partial charge in [0.15, 0.2) is 5.11 Å². The van der Waals surface area contributed by atoms with E-state index in [1.54, 1.807) is 0 Å². The predicted octanol–water partition coefficient (Wildman–Crippen LogP) is 2.93. The maximum atomic E-state index is 5.51. The van der Waals surface area contributed by atoms with E-state index in [0.29, 0.717) is 0 Å². The highest BCUT2D eigenvalue weighted by Crippen LogP contribution is 2.37. The Bertz CT molecular complexity index is 862. The van der Waals surface area contributed by atoms with Crippen molar-refractivity contribution in [3.8, 4) is 0 Å². The molecule has 0 aromatic carbocycles. The highest BCUT2D eigenvalue weighted by Gasteiger charge is 2.39. The van der Waals surface area contributed by atoms with Gasteiger partial charge in [-0.1, -0.05) is 12.1 Å². The normalized spacial score (nSPS) is 19.9. The Morgan fingerprint density at radius 3 is 2.56 bits per heavy atom. The molecule has 0 bridgehead atoms. The third-order valence-electron chi connectivity index (χ3n) is 4.56. The highest BCUT2D eigenvalue weighted by atomic mass is 32.1. The largest absolute Gasteiger partial charge is 0.352 e. The fourth-order valence-corrected chi connectivity index (χ4v) is 3.58. The standard InChI is InChI=1S/C19H19N5S/c1-23-18(17(22-19(23)25)15-8-3-5-11-21-15)16-9-6-12-24(16)13-14-7-2-4-10-20-14/h2-12,17-18H,13H2,1H3,(H,22,25)/t17-,18+/m0/s1. The zero-order valence-corrected chi connectivity index (χ0v) is 14.7. The van der Waals surface area contributed by atoms with Crippen molar-refractivity contribution in [2.45, 2.75) is 18.6 Å². The van der Waals surface area contributed by atoms with Crippen molar-refractivity contribution in [1.82, 2.24) is 24.8 Å². The van der Waals surface area contributed by atoms with Crippen molar-refractivity contribution in [3.05, 3.63) is 84.2 Å². The average molecular weight is 349 g/mol. The van der Waals surface area contributed by atoms with E-state index in [9.17, 15) is 0 Å². The number of aromatic nitrogens is 3. The number of thiocarbonyl (C=S) groups is 1. The van der Waals surface area contributed by atoms with Gasteiger partial charge in [0.1, 0.15) is 0 Å². The fraction of sp³-hybridized carbons (Fsp3) is 0.211. The molecular formula is C19H19N5S. The lowest BCUT2D eigenvalue weighted by Gasteiger charge is -2.25. The molecule has 1 aliphatic rings. The van der Waals surface area contributed by atoms with Gasteiger partial charge in [-0.25, -0.2) is 0 Å². The molecule has 126 valence electrons. The van der Waals surface area contributed by atoms with Gasteiger partial charge >= 0.3 is 0 Å². The Labute approximate surface area is 152 Å². The maximum Gasteiger partial charge on any atom is 0.169 e. The first-order valence-corrected chi connectivity index (χ1v) is 8.64. The van der Waals surface area contributed by atoms with Gasteiger partial charge in [-0.05, 0) is 48.6 Å². The van der Waals surface area contributed by atoms with E-state index in [-0.39, 0.29) is 12.1 Å². The van der Waals surface area contributed by atoms with Crippen LogP contribution in [0.25, 0.3) is 0 Å². The molecule has 1 N–H and O–H groups in total. The topological polar surface area (TPSA) is 46.0 Å². The monoisotopic (exact) mass is 349 g/mol. The predicted molar refractivity (Wildman–Crippen MR) is 101 cm³/mol. The molecule has 4 rings (SSSR count). The Balaban J connectivity index is 1.70. The average Bonchev–Trinajstić information content (AvgIpc) is 3.21. The minimum absolute atomic E-state index is 0.0242. The Kier molecular flexibility index (Phi) is 4.19. The van der Waals surface area contributed by atoms with Crippen LogP contribution < -0.4 is 5.32 Å². The van der Waals surface area contributed by atoms with Crippen LogP contribution in [0.3, 0.4) is 0 Å². The molecule has 1 aliphatic heterocycles. The van der Waals surface area contributed by atoms with Crippen LogP contribution in [0.5, 0.6) is 0 Å². The molecule has 0 unspecified atom stereocenters. The van der Waals surface area contributed by atoms with Gasteiger partial charge in [0.05, 0.1) is 30.0 Å². The summed E-state index contributed by atoms with van der Waals surface area (Å²) in [5.41, 5.74) is 3.21. The van der Waals surface area contributed by atoms with E-state index in [4.69, 9.17) is 12.2 Å². The molecule has 1 fully saturated rings. The van der Waals surface area contributed by atoms with Gasteiger partial charge in [0, 0.05) is 31.3 Å². The van der Waals surface area contributed by atoms with Gasteiger partial charge in [0.25, 0.3) is 0 Å². The number of hydrogen-bond donors (Lipinski definition) is 1. The van der Waals surface area contributed by atoms with Crippen LogP contribution in [0.15, 0.2) is 67.1 Å². The Hall–Kier alpha value is -2.73. The molecule has 4 heterocycles. The van der Waals surface area contributed by atoms with Crippen LogP contribution in [0.2, 0.25) is 0 Å². The number of likely N-dealkylation sites (N-methyl/N-ethyl adjacent to an activating group) is 1. The summed E-state index contributed by atoms with van der Waals surface area (Å²) in [6, 6.07) is 16.3. The summed E-state index contributed by atoms with van der Waals surface area (Å²) in [7, 11) is 2.03. The van der Waals surface area contributed by atoms with E-state index in [1.165, 1.54) is 5.69 Å². The molecule has 0 spiro atoms. The van der Waals surface area contributed by atoms with Crippen LogP contribution in [-0.4, -0.2) is 31.6 Å². The zero-order chi connectivity index (χ0) is 17.2. The van der Waals surface area contributed by atoms with Gasteiger partial charge in [-0.2, -0.15) is 0 Å². The van der Waals surface area contributed by atoms with Crippen LogP contribution in [0.1, 0.15) is 29.2 Å².